The minimum absolute atomic E-state index is 0.201. The summed E-state index contributed by atoms with van der Waals surface area (Å²) in [6.07, 6.45) is 7.44. The zero-order chi connectivity index (χ0) is 27.1. The molecule has 0 bridgehead atoms. The standard InChI is InChI=1S/C33H37N5O2/c39-32-28-27-25-14-6-7-15-26(25)37(22-20-35-16-8-2-9-17-35)31(27)29(24-12-4-1-5-13-24)34-30(28)33(40)38(32)23-21-36-18-10-3-11-19-36/h1,4-7,12-15H,2-3,8-11,16-23H2. The topological polar surface area (TPSA) is 61.7 Å². The molecular formula is C33H37N5O2. The van der Waals surface area contributed by atoms with Crippen LogP contribution in [0.5, 0.6) is 0 Å². The van der Waals surface area contributed by atoms with E-state index in [4.69, 9.17) is 4.98 Å². The number of hydrogen-bond acceptors (Lipinski definition) is 5. The average Bonchev–Trinajstić information content (AvgIpc) is 3.46. The van der Waals surface area contributed by atoms with Crippen LogP contribution in [0.25, 0.3) is 33.1 Å². The Morgan fingerprint density at radius 2 is 1.25 bits per heavy atom. The molecule has 2 amide bonds. The summed E-state index contributed by atoms with van der Waals surface area (Å²) < 4.78 is 2.35. The van der Waals surface area contributed by atoms with E-state index in [0.29, 0.717) is 17.8 Å². The van der Waals surface area contributed by atoms with Crippen molar-refractivity contribution in [2.24, 2.45) is 0 Å². The molecule has 3 aliphatic rings. The number of fused-ring (bicyclic) bond motifs is 5. The van der Waals surface area contributed by atoms with Crippen LogP contribution in [0.15, 0.2) is 54.6 Å². The van der Waals surface area contributed by atoms with Gasteiger partial charge in [0.2, 0.25) is 0 Å². The van der Waals surface area contributed by atoms with E-state index in [1.165, 1.54) is 43.4 Å². The molecule has 4 aromatic rings. The van der Waals surface area contributed by atoms with Crippen molar-refractivity contribution >= 4 is 33.6 Å². The first kappa shape index (κ1) is 25.4. The van der Waals surface area contributed by atoms with E-state index in [1.54, 1.807) is 0 Å². The minimum Gasteiger partial charge on any atom is -0.337 e. The molecule has 2 aromatic carbocycles. The highest BCUT2D eigenvalue weighted by Gasteiger charge is 2.41. The van der Waals surface area contributed by atoms with Crippen molar-refractivity contribution in [3.05, 3.63) is 65.9 Å². The summed E-state index contributed by atoms with van der Waals surface area (Å²) in [6.45, 7) is 7.23. The summed E-state index contributed by atoms with van der Waals surface area (Å²) in [5, 5.41) is 1.89. The van der Waals surface area contributed by atoms with Gasteiger partial charge in [-0.05, 0) is 57.9 Å². The average molecular weight is 536 g/mol. The van der Waals surface area contributed by atoms with Gasteiger partial charge < -0.3 is 14.4 Å². The fourth-order valence-electron chi connectivity index (χ4n) is 6.94. The van der Waals surface area contributed by atoms with Crippen molar-refractivity contribution < 1.29 is 9.59 Å². The molecule has 0 saturated carbocycles. The third-order valence-electron chi connectivity index (χ3n) is 9.04. The van der Waals surface area contributed by atoms with Crippen LogP contribution in [0.3, 0.4) is 0 Å². The van der Waals surface area contributed by atoms with Gasteiger partial charge in [-0.3, -0.25) is 14.5 Å². The molecule has 0 spiro atoms. The lowest BCUT2D eigenvalue weighted by atomic mass is 10.0. The number of imide groups is 1. The zero-order valence-corrected chi connectivity index (χ0v) is 23.1. The molecule has 2 aromatic heterocycles. The normalized spacial score (nSPS) is 18.8. The highest BCUT2D eigenvalue weighted by molar-refractivity contribution is 6.30. The Bertz CT molecular complexity index is 1560. The number of carbonyl (C=O) groups is 2. The van der Waals surface area contributed by atoms with Crippen LogP contribution in [0, 0.1) is 0 Å². The molecule has 7 nitrogen and oxygen atoms in total. The van der Waals surface area contributed by atoms with Crippen LogP contribution >= 0.6 is 0 Å². The Balaban J connectivity index is 1.37. The molecule has 206 valence electrons. The Labute approximate surface area is 235 Å². The number of piperidine rings is 2. The molecule has 5 heterocycles. The molecule has 2 fully saturated rings. The molecule has 2 saturated heterocycles. The van der Waals surface area contributed by atoms with Crippen molar-refractivity contribution in [3.63, 3.8) is 0 Å². The van der Waals surface area contributed by atoms with E-state index in [0.717, 1.165) is 78.9 Å². The Morgan fingerprint density at radius 3 is 1.95 bits per heavy atom. The molecule has 0 radical (unpaired) electrons. The van der Waals surface area contributed by atoms with Gasteiger partial charge in [0.05, 0.1) is 16.8 Å². The first-order valence-electron chi connectivity index (χ1n) is 15.0. The van der Waals surface area contributed by atoms with Gasteiger partial charge >= 0.3 is 0 Å². The number of benzene rings is 2. The van der Waals surface area contributed by atoms with Gasteiger partial charge in [0, 0.05) is 48.0 Å². The van der Waals surface area contributed by atoms with Crippen LogP contribution in [-0.4, -0.2) is 81.9 Å². The van der Waals surface area contributed by atoms with Gasteiger partial charge in [0.25, 0.3) is 11.8 Å². The fraction of sp³-hybridized carbons (Fsp3) is 0.424. The molecule has 0 unspecified atom stereocenters. The molecule has 7 rings (SSSR count). The lowest BCUT2D eigenvalue weighted by Crippen LogP contribution is -2.40. The lowest BCUT2D eigenvalue weighted by Gasteiger charge is -2.27. The predicted molar refractivity (Wildman–Crippen MR) is 159 cm³/mol. The van der Waals surface area contributed by atoms with Gasteiger partial charge in [-0.2, -0.15) is 0 Å². The highest BCUT2D eigenvalue weighted by Crippen LogP contribution is 2.41. The molecule has 0 N–H and O–H groups in total. The smallest absolute Gasteiger partial charge is 0.280 e. The van der Waals surface area contributed by atoms with Crippen LogP contribution < -0.4 is 0 Å². The van der Waals surface area contributed by atoms with Crippen LogP contribution in [-0.2, 0) is 6.54 Å². The van der Waals surface area contributed by atoms with Gasteiger partial charge in [-0.25, -0.2) is 4.98 Å². The maximum absolute atomic E-state index is 14.0. The minimum atomic E-state index is -0.263. The molecular weight excluding hydrogens is 498 g/mol. The summed E-state index contributed by atoms with van der Waals surface area (Å²) in [6, 6.07) is 18.4. The summed E-state index contributed by atoms with van der Waals surface area (Å²) in [5.74, 6) is -0.464. The first-order valence-corrected chi connectivity index (χ1v) is 15.0. The summed E-state index contributed by atoms with van der Waals surface area (Å²) in [7, 11) is 0. The van der Waals surface area contributed by atoms with Gasteiger partial charge in [0.1, 0.15) is 5.69 Å². The number of carbonyl (C=O) groups excluding carboxylic acids is 2. The Kier molecular flexibility index (Phi) is 6.86. The molecule has 40 heavy (non-hydrogen) atoms. The SMILES string of the molecule is O=C1c2nc(-c3ccccc3)c3c(c2C(=O)N1CCN1CCCCC1)c1ccccc1n3CCN1CCCCC1. The van der Waals surface area contributed by atoms with Crippen LogP contribution in [0.4, 0.5) is 0 Å². The number of likely N-dealkylation sites (tertiary alicyclic amines) is 2. The zero-order valence-electron chi connectivity index (χ0n) is 23.1. The van der Waals surface area contributed by atoms with Crippen molar-refractivity contribution in [3.8, 4) is 11.3 Å². The van der Waals surface area contributed by atoms with E-state index in [1.807, 2.05) is 24.3 Å². The van der Waals surface area contributed by atoms with E-state index in [-0.39, 0.29) is 11.8 Å². The third-order valence-corrected chi connectivity index (χ3v) is 9.04. The number of rotatable bonds is 7. The van der Waals surface area contributed by atoms with Crippen molar-refractivity contribution in [1.82, 2.24) is 24.3 Å². The number of aromatic nitrogens is 2. The maximum atomic E-state index is 14.0. The number of para-hydroxylation sites is 1. The third kappa shape index (κ3) is 4.41. The quantitative estimate of drug-likeness (QED) is 0.296. The van der Waals surface area contributed by atoms with Crippen molar-refractivity contribution in [1.29, 1.82) is 0 Å². The summed E-state index contributed by atoms with van der Waals surface area (Å²) in [5.41, 5.74) is 4.57. The number of nitrogens with zero attached hydrogens (tertiary/aromatic N) is 5. The Morgan fingerprint density at radius 1 is 0.625 bits per heavy atom. The summed E-state index contributed by atoms with van der Waals surface area (Å²) >= 11 is 0. The molecule has 3 aliphatic heterocycles. The van der Waals surface area contributed by atoms with Gasteiger partial charge in [-0.15, -0.1) is 0 Å². The molecule has 0 atom stereocenters. The molecule has 0 aliphatic carbocycles. The molecule has 7 heteroatoms. The van der Waals surface area contributed by atoms with Gasteiger partial charge in [-0.1, -0.05) is 61.4 Å². The van der Waals surface area contributed by atoms with E-state index in [9.17, 15) is 9.59 Å². The van der Waals surface area contributed by atoms with Gasteiger partial charge in [0.15, 0.2) is 0 Å². The highest BCUT2D eigenvalue weighted by atomic mass is 16.2. The second-order valence-corrected chi connectivity index (χ2v) is 11.5. The Hall–Kier alpha value is -3.55. The lowest BCUT2D eigenvalue weighted by molar-refractivity contribution is 0.0630. The summed E-state index contributed by atoms with van der Waals surface area (Å²) in [4.78, 5) is 39.2. The number of pyridine rings is 1. The monoisotopic (exact) mass is 535 g/mol. The number of hydrogen-bond donors (Lipinski definition) is 0. The second kappa shape index (κ2) is 10.8. The van der Waals surface area contributed by atoms with Crippen LogP contribution in [0.2, 0.25) is 0 Å². The van der Waals surface area contributed by atoms with Crippen LogP contribution in [0.1, 0.15) is 59.4 Å². The van der Waals surface area contributed by atoms with Crippen molar-refractivity contribution in [2.75, 3.05) is 45.8 Å². The second-order valence-electron chi connectivity index (χ2n) is 11.5. The number of amides is 2. The fourth-order valence-corrected chi connectivity index (χ4v) is 6.94. The van der Waals surface area contributed by atoms with E-state index < -0.39 is 0 Å². The first-order chi connectivity index (χ1) is 19.7. The largest absolute Gasteiger partial charge is 0.337 e. The predicted octanol–water partition coefficient (Wildman–Crippen LogP) is 5.42. The van der Waals surface area contributed by atoms with E-state index in [2.05, 4.69) is 44.7 Å². The van der Waals surface area contributed by atoms with Crippen molar-refractivity contribution in [2.45, 2.75) is 45.1 Å². The maximum Gasteiger partial charge on any atom is 0.280 e. The van der Waals surface area contributed by atoms with E-state index >= 15 is 0 Å².